The van der Waals surface area contributed by atoms with Gasteiger partial charge in [-0.25, -0.2) is 0 Å². The molecule has 1 amide bonds. The number of methoxy groups -OCH3 is 1. The monoisotopic (exact) mass is 250 g/mol. The van der Waals surface area contributed by atoms with Crippen LogP contribution >= 0.6 is 0 Å². The van der Waals surface area contributed by atoms with Gasteiger partial charge in [-0.05, 0) is 26.6 Å². The van der Waals surface area contributed by atoms with Crippen LogP contribution in [0.4, 0.5) is 0 Å². The average molecular weight is 250 g/mol. The molecule has 0 heterocycles. The summed E-state index contributed by atoms with van der Waals surface area (Å²) in [6, 6.07) is 7.76. The standard InChI is InChI=1S/C14H22N2O2/c1-11-6-5-7-12(10-11)13(16(2)3)14(17)15-8-9-18-4/h5-7,10,13H,8-9H2,1-4H3,(H,15,17)/t13-/m1/s1. The number of hydrogen-bond donors (Lipinski definition) is 1. The molecule has 0 fully saturated rings. The lowest BCUT2D eigenvalue weighted by atomic mass is 10.0. The molecule has 1 aromatic rings. The Kier molecular flexibility index (Phi) is 5.82. The molecule has 0 aromatic heterocycles. The SMILES string of the molecule is COCCNC(=O)[C@@H](c1cccc(C)c1)N(C)C. The van der Waals surface area contributed by atoms with Crippen LogP contribution in [-0.2, 0) is 9.53 Å². The lowest BCUT2D eigenvalue weighted by Crippen LogP contribution is -2.38. The first-order chi connectivity index (χ1) is 8.56. The number of carbonyl (C=O) groups is 1. The van der Waals surface area contributed by atoms with Crippen LogP contribution in [0.1, 0.15) is 17.2 Å². The van der Waals surface area contributed by atoms with E-state index in [0.717, 1.165) is 11.1 Å². The summed E-state index contributed by atoms with van der Waals surface area (Å²) < 4.78 is 4.93. The first kappa shape index (κ1) is 14.7. The van der Waals surface area contributed by atoms with Gasteiger partial charge in [0.1, 0.15) is 6.04 Å². The van der Waals surface area contributed by atoms with Crippen LogP contribution in [0, 0.1) is 6.92 Å². The highest BCUT2D eigenvalue weighted by molar-refractivity contribution is 5.83. The van der Waals surface area contributed by atoms with Gasteiger partial charge in [-0.3, -0.25) is 9.69 Å². The molecule has 100 valence electrons. The molecular formula is C14H22N2O2. The number of nitrogens with one attached hydrogen (secondary N) is 1. The molecule has 1 N–H and O–H groups in total. The molecule has 0 aliphatic heterocycles. The largest absolute Gasteiger partial charge is 0.383 e. The predicted octanol–water partition coefficient (Wildman–Crippen LogP) is 1.36. The van der Waals surface area contributed by atoms with Crippen molar-refractivity contribution in [2.24, 2.45) is 0 Å². The lowest BCUT2D eigenvalue weighted by molar-refractivity contribution is -0.125. The highest BCUT2D eigenvalue weighted by Gasteiger charge is 2.22. The third-order valence-corrected chi connectivity index (χ3v) is 2.73. The van der Waals surface area contributed by atoms with Crippen LogP contribution < -0.4 is 5.32 Å². The Morgan fingerprint density at radius 2 is 2.17 bits per heavy atom. The first-order valence-electron chi connectivity index (χ1n) is 6.06. The van der Waals surface area contributed by atoms with Crippen LogP contribution in [-0.4, -0.2) is 45.2 Å². The fourth-order valence-electron chi connectivity index (χ4n) is 1.90. The Morgan fingerprint density at radius 3 is 2.72 bits per heavy atom. The minimum absolute atomic E-state index is 0.00245. The zero-order valence-electron chi connectivity index (χ0n) is 11.6. The molecule has 0 spiro atoms. The summed E-state index contributed by atoms with van der Waals surface area (Å²) in [4.78, 5) is 14.1. The molecule has 0 aliphatic carbocycles. The van der Waals surface area contributed by atoms with Crippen LogP contribution in [0.5, 0.6) is 0 Å². The number of nitrogens with zero attached hydrogens (tertiary/aromatic N) is 1. The molecule has 1 rings (SSSR count). The Balaban J connectivity index is 2.79. The van der Waals surface area contributed by atoms with Gasteiger partial charge in [0.2, 0.25) is 5.91 Å². The number of likely N-dealkylation sites (N-methyl/N-ethyl adjacent to an activating group) is 1. The second kappa shape index (κ2) is 7.13. The van der Waals surface area contributed by atoms with E-state index in [4.69, 9.17) is 4.74 Å². The van der Waals surface area contributed by atoms with E-state index in [0.29, 0.717) is 13.2 Å². The summed E-state index contributed by atoms with van der Waals surface area (Å²) in [5, 5.41) is 2.88. The third-order valence-electron chi connectivity index (χ3n) is 2.73. The number of ether oxygens (including phenoxy) is 1. The average Bonchev–Trinajstić information content (AvgIpc) is 2.29. The van der Waals surface area contributed by atoms with E-state index in [1.807, 2.05) is 50.2 Å². The molecule has 0 saturated heterocycles. The van der Waals surface area contributed by atoms with Crippen molar-refractivity contribution in [3.05, 3.63) is 35.4 Å². The molecule has 0 unspecified atom stereocenters. The van der Waals surface area contributed by atoms with Crippen LogP contribution in [0.2, 0.25) is 0 Å². The van der Waals surface area contributed by atoms with E-state index < -0.39 is 0 Å². The minimum Gasteiger partial charge on any atom is -0.383 e. The predicted molar refractivity (Wildman–Crippen MR) is 72.5 cm³/mol. The van der Waals surface area contributed by atoms with E-state index in [2.05, 4.69) is 5.32 Å². The Morgan fingerprint density at radius 1 is 1.44 bits per heavy atom. The van der Waals surface area contributed by atoms with Crippen molar-refractivity contribution in [3.8, 4) is 0 Å². The molecule has 1 aromatic carbocycles. The van der Waals surface area contributed by atoms with Crippen molar-refractivity contribution < 1.29 is 9.53 Å². The maximum absolute atomic E-state index is 12.2. The van der Waals surface area contributed by atoms with E-state index in [-0.39, 0.29) is 11.9 Å². The second-order valence-corrected chi connectivity index (χ2v) is 4.56. The van der Waals surface area contributed by atoms with E-state index >= 15 is 0 Å². The quantitative estimate of drug-likeness (QED) is 0.775. The second-order valence-electron chi connectivity index (χ2n) is 4.56. The molecule has 4 heteroatoms. The molecule has 0 saturated carbocycles. The summed E-state index contributed by atoms with van der Waals surface area (Å²) in [6.07, 6.45) is 0. The van der Waals surface area contributed by atoms with Gasteiger partial charge in [0.15, 0.2) is 0 Å². The number of amides is 1. The number of aryl methyl sites for hydroxylation is 1. The maximum atomic E-state index is 12.2. The van der Waals surface area contributed by atoms with E-state index in [1.54, 1.807) is 7.11 Å². The van der Waals surface area contributed by atoms with Crippen molar-refractivity contribution in [2.75, 3.05) is 34.4 Å². The van der Waals surface area contributed by atoms with Gasteiger partial charge < -0.3 is 10.1 Å². The highest BCUT2D eigenvalue weighted by atomic mass is 16.5. The van der Waals surface area contributed by atoms with Crippen molar-refractivity contribution >= 4 is 5.91 Å². The summed E-state index contributed by atoms with van der Waals surface area (Å²) in [6.45, 7) is 3.09. The molecule has 1 atom stereocenters. The van der Waals surface area contributed by atoms with Gasteiger partial charge in [0, 0.05) is 13.7 Å². The molecule has 0 aliphatic rings. The number of carbonyl (C=O) groups excluding carboxylic acids is 1. The van der Waals surface area contributed by atoms with Gasteiger partial charge in [0.05, 0.1) is 6.61 Å². The summed E-state index contributed by atoms with van der Waals surface area (Å²) >= 11 is 0. The highest BCUT2D eigenvalue weighted by Crippen LogP contribution is 2.19. The third kappa shape index (κ3) is 4.13. The van der Waals surface area contributed by atoms with E-state index in [1.165, 1.54) is 0 Å². The molecule has 4 nitrogen and oxygen atoms in total. The molecular weight excluding hydrogens is 228 g/mol. The molecule has 0 radical (unpaired) electrons. The molecule has 18 heavy (non-hydrogen) atoms. The number of rotatable bonds is 6. The number of benzene rings is 1. The van der Waals surface area contributed by atoms with Gasteiger partial charge in [-0.2, -0.15) is 0 Å². The normalized spacial score (nSPS) is 12.5. The summed E-state index contributed by atoms with van der Waals surface area (Å²) in [5.74, 6) is 0.00245. The van der Waals surface area contributed by atoms with E-state index in [9.17, 15) is 4.79 Å². The minimum atomic E-state index is -0.262. The van der Waals surface area contributed by atoms with Crippen molar-refractivity contribution in [1.82, 2.24) is 10.2 Å². The topological polar surface area (TPSA) is 41.6 Å². The first-order valence-corrected chi connectivity index (χ1v) is 6.06. The Labute approximate surface area is 109 Å². The Bertz CT molecular complexity index is 391. The van der Waals surface area contributed by atoms with Crippen molar-refractivity contribution in [2.45, 2.75) is 13.0 Å². The zero-order valence-corrected chi connectivity index (χ0v) is 11.6. The van der Waals surface area contributed by atoms with Gasteiger partial charge in [-0.15, -0.1) is 0 Å². The summed E-state index contributed by atoms with van der Waals surface area (Å²) in [5.41, 5.74) is 2.17. The van der Waals surface area contributed by atoms with Crippen molar-refractivity contribution in [3.63, 3.8) is 0 Å². The van der Waals surface area contributed by atoms with Crippen molar-refractivity contribution in [1.29, 1.82) is 0 Å². The lowest BCUT2D eigenvalue weighted by Gasteiger charge is -2.24. The maximum Gasteiger partial charge on any atom is 0.242 e. The smallest absolute Gasteiger partial charge is 0.242 e. The Hall–Kier alpha value is -1.39. The molecule has 0 bridgehead atoms. The zero-order chi connectivity index (χ0) is 13.5. The van der Waals surface area contributed by atoms with Gasteiger partial charge in [-0.1, -0.05) is 29.8 Å². The fraction of sp³-hybridized carbons (Fsp3) is 0.500. The summed E-state index contributed by atoms with van der Waals surface area (Å²) in [7, 11) is 5.43. The number of hydrogen-bond acceptors (Lipinski definition) is 3. The van der Waals surface area contributed by atoms with Crippen LogP contribution in [0.15, 0.2) is 24.3 Å². The van der Waals surface area contributed by atoms with Gasteiger partial charge >= 0.3 is 0 Å². The van der Waals surface area contributed by atoms with Crippen LogP contribution in [0.3, 0.4) is 0 Å². The van der Waals surface area contributed by atoms with Gasteiger partial charge in [0.25, 0.3) is 0 Å². The van der Waals surface area contributed by atoms with Crippen LogP contribution in [0.25, 0.3) is 0 Å². The fourth-order valence-corrected chi connectivity index (χ4v) is 1.90.